The summed E-state index contributed by atoms with van der Waals surface area (Å²) in [5.41, 5.74) is 0.883. The van der Waals surface area contributed by atoms with Gasteiger partial charge in [-0.05, 0) is 69.4 Å². The first-order valence-corrected chi connectivity index (χ1v) is 13.9. The number of hydrogen-bond acceptors (Lipinski definition) is 5. The molecule has 0 bridgehead atoms. The van der Waals surface area contributed by atoms with Crippen LogP contribution in [0, 0.1) is 5.92 Å². The van der Waals surface area contributed by atoms with E-state index in [9.17, 15) is 17.2 Å². The molecular weight excluding hydrogens is 442 g/mol. The van der Waals surface area contributed by atoms with Crippen LogP contribution in [-0.2, 0) is 33.2 Å². The number of sulfonamides is 1. The molecule has 0 aromatic carbocycles. The van der Waals surface area contributed by atoms with Gasteiger partial charge < -0.3 is 9.64 Å². The molecule has 2 aliphatic carbocycles. The van der Waals surface area contributed by atoms with Crippen LogP contribution in [0.25, 0.3) is 0 Å². The molecule has 1 aromatic rings. The van der Waals surface area contributed by atoms with Crippen molar-refractivity contribution < 1.29 is 23.4 Å². The minimum Gasteiger partial charge on any atom is -0.369 e. The molecule has 2 saturated carbocycles. The molecule has 1 saturated heterocycles. The van der Waals surface area contributed by atoms with Gasteiger partial charge in [0.25, 0.3) is 0 Å². The van der Waals surface area contributed by atoms with Crippen LogP contribution in [0.2, 0.25) is 0 Å². The molecule has 4 aliphatic rings. The quantitative estimate of drug-likeness (QED) is 0.648. The Balaban J connectivity index is 0.00000245. The van der Waals surface area contributed by atoms with Crippen molar-refractivity contribution in [3.05, 3.63) is 21.4 Å². The molecule has 3 fully saturated rings. The molecule has 9 heteroatoms. The predicted octanol–water partition coefficient (Wildman–Crippen LogP) is 3.91. The van der Waals surface area contributed by atoms with Crippen LogP contribution < -0.4 is 4.72 Å². The molecule has 5 rings (SSSR count). The van der Waals surface area contributed by atoms with Crippen LogP contribution in [0.3, 0.4) is 0 Å². The molecule has 0 amide bonds. The smallest absolute Gasteiger partial charge is 0.243 e. The van der Waals surface area contributed by atoms with Gasteiger partial charge in [-0.1, -0.05) is 0 Å². The number of hydrogen-bond donors (Lipinski definition) is 1. The number of nitrogens with one attached hydrogen (secondary N) is 1. The van der Waals surface area contributed by atoms with Gasteiger partial charge in [0.05, 0.1) is 11.9 Å². The topological polar surface area (TPSA) is 58.6 Å². The van der Waals surface area contributed by atoms with Crippen molar-refractivity contribution in [2.45, 2.75) is 87.7 Å². The minimum atomic E-state index is -3.09. The van der Waals surface area contributed by atoms with Crippen LogP contribution >= 0.6 is 11.3 Å². The fourth-order valence-corrected chi connectivity index (χ4v) is 8.61. The lowest BCUT2D eigenvalue weighted by atomic mass is 9.78. The van der Waals surface area contributed by atoms with Crippen molar-refractivity contribution in [3.63, 3.8) is 0 Å². The molecule has 0 radical (unpaired) electrons. The highest BCUT2D eigenvalue weighted by molar-refractivity contribution is 7.90. The van der Waals surface area contributed by atoms with Crippen molar-refractivity contribution >= 4 is 21.4 Å². The third kappa shape index (κ3) is 4.58. The highest BCUT2D eigenvalue weighted by atomic mass is 32.2. The van der Waals surface area contributed by atoms with Crippen molar-refractivity contribution in [2.24, 2.45) is 5.92 Å². The number of halogens is 2. The molecule has 1 aromatic heterocycles. The summed E-state index contributed by atoms with van der Waals surface area (Å²) < 4.78 is 59.2. The van der Waals surface area contributed by atoms with Gasteiger partial charge in [-0.25, -0.2) is 21.9 Å². The number of rotatable bonds is 7. The zero-order chi connectivity index (χ0) is 21.8. The number of likely N-dealkylation sites (tertiary alicyclic amines) is 1. The second-order valence-electron chi connectivity index (χ2n) is 9.95. The fraction of sp³-hybridized carbons (Fsp3) is 0.818. The molecule has 2 aliphatic heterocycles. The summed E-state index contributed by atoms with van der Waals surface area (Å²) in [5.74, 6) is 0.533. The highest BCUT2D eigenvalue weighted by Gasteiger charge is 2.46. The SMILES string of the molecule is C[C@H]1C[C@@]2(CCN1CC1CC(NS(=O)(=O)C3CC3)C1)OCCc1cc(CC(F)F)sc12.[HH]. The number of alkyl halides is 2. The van der Waals surface area contributed by atoms with Crippen LogP contribution in [0.4, 0.5) is 8.78 Å². The highest BCUT2D eigenvalue weighted by Crippen LogP contribution is 2.47. The third-order valence-corrected chi connectivity index (χ3v) is 10.8. The number of piperidine rings is 1. The van der Waals surface area contributed by atoms with Crippen molar-refractivity contribution in [1.82, 2.24) is 9.62 Å². The number of fused-ring (bicyclic) bond motifs is 2. The lowest BCUT2D eigenvalue weighted by Crippen LogP contribution is -2.54. The first-order chi connectivity index (χ1) is 14.7. The maximum atomic E-state index is 12.9. The summed E-state index contributed by atoms with van der Waals surface area (Å²) in [6, 6.07) is 2.43. The fourth-order valence-electron chi connectivity index (χ4n) is 5.61. The van der Waals surface area contributed by atoms with E-state index in [-0.39, 0.29) is 24.7 Å². The van der Waals surface area contributed by atoms with Crippen molar-refractivity contribution in [3.8, 4) is 0 Å². The van der Waals surface area contributed by atoms with Crippen LogP contribution in [-0.4, -0.2) is 56.8 Å². The van der Waals surface area contributed by atoms with Crippen molar-refractivity contribution in [2.75, 3.05) is 19.7 Å². The van der Waals surface area contributed by atoms with Gasteiger partial charge in [-0.15, -0.1) is 11.3 Å². The van der Waals surface area contributed by atoms with E-state index in [1.54, 1.807) is 0 Å². The molecule has 2 atom stereocenters. The van der Waals surface area contributed by atoms with Gasteiger partial charge in [-0.2, -0.15) is 0 Å². The van der Waals surface area contributed by atoms with E-state index in [0.717, 1.165) is 62.9 Å². The van der Waals surface area contributed by atoms with E-state index in [4.69, 9.17) is 4.74 Å². The largest absolute Gasteiger partial charge is 0.369 e. The molecule has 31 heavy (non-hydrogen) atoms. The zero-order valence-electron chi connectivity index (χ0n) is 18.0. The van der Waals surface area contributed by atoms with Gasteiger partial charge in [0.1, 0.15) is 5.60 Å². The zero-order valence-corrected chi connectivity index (χ0v) is 19.6. The lowest BCUT2D eigenvalue weighted by molar-refractivity contribution is -0.112. The van der Waals surface area contributed by atoms with E-state index >= 15 is 0 Å². The Bertz CT molecular complexity index is 918. The Morgan fingerprint density at radius 2 is 2.16 bits per heavy atom. The van der Waals surface area contributed by atoms with Crippen LogP contribution in [0.1, 0.15) is 62.2 Å². The summed E-state index contributed by atoms with van der Waals surface area (Å²) in [4.78, 5) is 4.46. The predicted molar refractivity (Wildman–Crippen MR) is 119 cm³/mol. The molecular formula is C22H34F2N2O3S2. The normalized spacial score (nSPS) is 34.1. The van der Waals surface area contributed by atoms with E-state index in [2.05, 4.69) is 16.5 Å². The Kier molecular flexibility index (Phi) is 5.95. The Labute approximate surface area is 189 Å². The molecule has 5 nitrogen and oxygen atoms in total. The first-order valence-electron chi connectivity index (χ1n) is 11.5. The van der Waals surface area contributed by atoms with Gasteiger partial charge in [0, 0.05) is 42.8 Å². The molecule has 1 spiro atoms. The Morgan fingerprint density at radius 1 is 1.39 bits per heavy atom. The number of ether oxygens (including phenoxy) is 1. The average Bonchev–Trinajstić information content (AvgIpc) is 3.44. The first kappa shape index (κ1) is 22.2. The van der Waals surface area contributed by atoms with Gasteiger partial charge in [0.2, 0.25) is 16.4 Å². The van der Waals surface area contributed by atoms with E-state index in [0.29, 0.717) is 18.6 Å². The van der Waals surface area contributed by atoms with Crippen LogP contribution in [0.5, 0.6) is 0 Å². The Hall–Kier alpha value is -0.610. The second-order valence-corrected chi connectivity index (χ2v) is 13.1. The maximum Gasteiger partial charge on any atom is 0.243 e. The van der Waals surface area contributed by atoms with Gasteiger partial charge >= 0.3 is 0 Å². The molecule has 3 heterocycles. The second kappa shape index (κ2) is 8.31. The summed E-state index contributed by atoms with van der Waals surface area (Å²) in [6.07, 6.45) is 3.57. The molecule has 0 unspecified atom stereocenters. The summed E-state index contributed by atoms with van der Waals surface area (Å²) in [6.45, 7) is 4.82. The minimum absolute atomic E-state index is 0. The Morgan fingerprint density at radius 3 is 2.84 bits per heavy atom. The maximum absolute atomic E-state index is 12.9. The van der Waals surface area contributed by atoms with Crippen LogP contribution in [0.15, 0.2) is 6.07 Å². The van der Waals surface area contributed by atoms with E-state index in [1.165, 1.54) is 21.8 Å². The summed E-state index contributed by atoms with van der Waals surface area (Å²) in [5, 5.41) is -0.149. The third-order valence-electron chi connectivity index (χ3n) is 7.45. The summed E-state index contributed by atoms with van der Waals surface area (Å²) >= 11 is 1.53. The van der Waals surface area contributed by atoms with E-state index < -0.39 is 16.4 Å². The van der Waals surface area contributed by atoms with Crippen molar-refractivity contribution in [1.29, 1.82) is 0 Å². The molecule has 1 N–H and O–H groups in total. The summed E-state index contributed by atoms with van der Waals surface area (Å²) in [7, 11) is -3.09. The standard InChI is InChI=1S/C22H32F2N2O3S2.H2/c1-14-12-22(21-16(4-7-29-22)10-18(30-21)11-20(23)24)5-6-26(14)13-15-8-17(9-15)25-31(27,28)19-2-3-19;/h10,14-15,17,19-20,25H,2-9,11-13H2,1H3;1H/t14-,15?,17?,22+;/m0./s1. The van der Waals surface area contributed by atoms with Gasteiger partial charge in [0.15, 0.2) is 0 Å². The molecule has 176 valence electrons. The monoisotopic (exact) mass is 476 g/mol. The number of thiophene rings is 1. The number of nitrogens with zero attached hydrogens (tertiary/aromatic N) is 1. The lowest BCUT2D eigenvalue weighted by Gasteiger charge is -2.49. The van der Waals surface area contributed by atoms with E-state index in [1.807, 2.05) is 6.07 Å². The van der Waals surface area contributed by atoms with Gasteiger partial charge in [-0.3, -0.25) is 0 Å². The average molecular weight is 477 g/mol.